The molecule has 1 N–H and O–H groups in total. The van der Waals surface area contributed by atoms with Crippen molar-refractivity contribution in [2.75, 3.05) is 6.54 Å². The number of rotatable bonds is 8. The van der Waals surface area contributed by atoms with Crippen molar-refractivity contribution in [3.8, 4) is 28.5 Å². The molecule has 1 atom stereocenters. The van der Waals surface area contributed by atoms with E-state index in [4.69, 9.17) is 0 Å². The standard InChI is InChI=1S/C32H31F3N6O2S/c1-20(2)27-7-5-6-8-28(27)41-22(4)18-44-31(41)38-30(42)36-17-21(3)23-9-11-24(12-10-23)29-37-19-40(39-29)25-13-15-26(16-14-25)43-32(33,34)35/h5-16,18-21H,17H2,1-4H3,(H,36,42)/b38-31-. The molecular weight excluding hydrogens is 589 g/mol. The number of aryl methyl sites for hydroxylation is 1. The quantitative estimate of drug-likeness (QED) is 0.194. The lowest BCUT2D eigenvalue weighted by Crippen LogP contribution is -2.28. The Morgan fingerprint density at radius 2 is 1.73 bits per heavy atom. The van der Waals surface area contributed by atoms with Gasteiger partial charge >= 0.3 is 12.4 Å². The van der Waals surface area contributed by atoms with Gasteiger partial charge in [-0.2, -0.15) is 4.99 Å². The molecule has 2 heterocycles. The van der Waals surface area contributed by atoms with Crippen LogP contribution in [0.4, 0.5) is 18.0 Å². The molecule has 5 rings (SSSR count). The zero-order chi connectivity index (χ0) is 31.4. The zero-order valence-electron chi connectivity index (χ0n) is 24.5. The molecular formula is C32H31F3N6O2S. The van der Waals surface area contributed by atoms with Crippen molar-refractivity contribution in [3.63, 3.8) is 0 Å². The molecule has 2 amide bonds. The first-order valence-electron chi connectivity index (χ1n) is 14.0. The van der Waals surface area contributed by atoms with Gasteiger partial charge in [-0.05, 0) is 60.2 Å². The van der Waals surface area contributed by atoms with E-state index in [1.54, 1.807) is 0 Å². The fraction of sp³-hybridized carbons (Fsp3) is 0.250. The van der Waals surface area contributed by atoms with Crippen molar-refractivity contribution in [1.29, 1.82) is 0 Å². The van der Waals surface area contributed by atoms with Crippen LogP contribution in [0.1, 0.15) is 49.4 Å². The van der Waals surface area contributed by atoms with Gasteiger partial charge < -0.3 is 10.1 Å². The summed E-state index contributed by atoms with van der Waals surface area (Å²) in [6.45, 7) is 8.71. The molecule has 1 unspecified atom stereocenters. The molecule has 0 saturated carbocycles. The van der Waals surface area contributed by atoms with Gasteiger partial charge in [0.1, 0.15) is 12.1 Å². The highest BCUT2D eigenvalue weighted by Gasteiger charge is 2.31. The second kappa shape index (κ2) is 12.9. The molecule has 0 aliphatic rings. The minimum atomic E-state index is -4.75. The van der Waals surface area contributed by atoms with Crippen LogP contribution in [0.25, 0.3) is 22.8 Å². The van der Waals surface area contributed by atoms with Gasteiger partial charge in [-0.1, -0.05) is 63.2 Å². The van der Waals surface area contributed by atoms with E-state index in [-0.39, 0.29) is 11.7 Å². The first-order valence-corrected chi connectivity index (χ1v) is 14.8. The van der Waals surface area contributed by atoms with Gasteiger partial charge in [0.2, 0.25) is 0 Å². The first-order chi connectivity index (χ1) is 21.0. The SMILES string of the molecule is Cc1cs/c(=N\C(=O)NCC(C)c2ccc(-c3ncn(-c4ccc(OC(F)(F)F)cc4)n3)cc2)n1-c1ccccc1C(C)C. The van der Waals surface area contributed by atoms with Crippen LogP contribution in [0, 0.1) is 6.92 Å². The molecule has 0 spiro atoms. The first kappa shape index (κ1) is 30.7. The Bertz CT molecular complexity index is 1810. The average molecular weight is 621 g/mol. The topological polar surface area (TPSA) is 86.3 Å². The van der Waals surface area contributed by atoms with Crippen LogP contribution < -0.4 is 14.9 Å². The van der Waals surface area contributed by atoms with Crippen LogP contribution in [0.2, 0.25) is 0 Å². The second-order valence-corrected chi connectivity index (χ2v) is 11.4. The Hall–Kier alpha value is -4.71. The van der Waals surface area contributed by atoms with E-state index >= 15 is 0 Å². The third-order valence-corrected chi connectivity index (χ3v) is 7.94. The third kappa shape index (κ3) is 7.25. The van der Waals surface area contributed by atoms with E-state index in [1.807, 2.05) is 66.3 Å². The summed E-state index contributed by atoms with van der Waals surface area (Å²) in [5.41, 5.74) is 5.54. The zero-order valence-corrected chi connectivity index (χ0v) is 25.4. The molecule has 12 heteroatoms. The van der Waals surface area contributed by atoms with Crippen LogP contribution in [-0.4, -0.2) is 38.3 Å². The average Bonchev–Trinajstić information content (AvgIpc) is 3.62. The summed E-state index contributed by atoms with van der Waals surface area (Å²) >= 11 is 1.43. The summed E-state index contributed by atoms with van der Waals surface area (Å²) in [5.74, 6) is 0.491. The molecule has 44 heavy (non-hydrogen) atoms. The van der Waals surface area contributed by atoms with Gasteiger partial charge in [0.15, 0.2) is 10.6 Å². The van der Waals surface area contributed by atoms with Crippen LogP contribution in [-0.2, 0) is 0 Å². The molecule has 5 aromatic rings. The Morgan fingerprint density at radius 3 is 2.41 bits per heavy atom. The predicted molar refractivity (Wildman–Crippen MR) is 163 cm³/mol. The minimum absolute atomic E-state index is 0.0185. The monoisotopic (exact) mass is 620 g/mol. The summed E-state index contributed by atoms with van der Waals surface area (Å²) in [7, 11) is 0. The summed E-state index contributed by atoms with van der Waals surface area (Å²) in [5, 5.41) is 9.37. The Labute approximate surface area is 256 Å². The van der Waals surface area contributed by atoms with Crippen molar-refractivity contribution >= 4 is 17.4 Å². The van der Waals surface area contributed by atoms with Gasteiger partial charge in [-0.3, -0.25) is 4.57 Å². The van der Waals surface area contributed by atoms with E-state index in [9.17, 15) is 18.0 Å². The second-order valence-electron chi connectivity index (χ2n) is 10.6. The number of amides is 2. The highest BCUT2D eigenvalue weighted by molar-refractivity contribution is 7.07. The van der Waals surface area contributed by atoms with Gasteiger partial charge in [-0.15, -0.1) is 29.6 Å². The van der Waals surface area contributed by atoms with E-state index in [2.05, 4.69) is 45.0 Å². The summed E-state index contributed by atoms with van der Waals surface area (Å²) in [6, 6.07) is 20.8. The number of benzene rings is 3. The van der Waals surface area contributed by atoms with Crippen molar-refractivity contribution in [2.24, 2.45) is 4.99 Å². The number of urea groups is 1. The fourth-order valence-corrected chi connectivity index (χ4v) is 5.57. The van der Waals surface area contributed by atoms with Gasteiger partial charge in [0.25, 0.3) is 0 Å². The van der Waals surface area contributed by atoms with Crippen LogP contribution in [0.3, 0.4) is 0 Å². The number of hydrogen-bond donors (Lipinski definition) is 1. The summed E-state index contributed by atoms with van der Waals surface area (Å²) < 4.78 is 44.7. The van der Waals surface area contributed by atoms with E-state index in [1.165, 1.54) is 52.2 Å². The number of halogens is 3. The summed E-state index contributed by atoms with van der Waals surface area (Å²) in [4.78, 5) is 22.2. The molecule has 8 nitrogen and oxygen atoms in total. The maximum Gasteiger partial charge on any atom is 0.573 e. The number of carbonyl (C=O) groups is 1. The molecule has 0 aliphatic heterocycles. The van der Waals surface area contributed by atoms with Crippen molar-refractivity contribution in [1.82, 2.24) is 24.6 Å². The number of nitrogens with zero attached hydrogens (tertiary/aromatic N) is 5. The predicted octanol–water partition coefficient (Wildman–Crippen LogP) is 7.53. The Kier molecular flexibility index (Phi) is 9.00. The van der Waals surface area contributed by atoms with Crippen molar-refractivity contribution in [2.45, 2.75) is 45.9 Å². The lowest BCUT2D eigenvalue weighted by Gasteiger charge is -2.15. The maximum absolute atomic E-state index is 12.8. The highest BCUT2D eigenvalue weighted by atomic mass is 32.1. The molecule has 0 saturated heterocycles. The van der Waals surface area contributed by atoms with Gasteiger partial charge in [0, 0.05) is 23.2 Å². The lowest BCUT2D eigenvalue weighted by atomic mass is 10.00. The number of ether oxygens (including phenoxy) is 1. The van der Waals surface area contributed by atoms with Crippen molar-refractivity contribution in [3.05, 3.63) is 106 Å². The molecule has 0 aliphatic carbocycles. The minimum Gasteiger partial charge on any atom is -0.406 e. The molecule has 0 fully saturated rings. The number of alkyl halides is 3. The lowest BCUT2D eigenvalue weighted by molar-refractivity contribution is -0.274. The fourth-order valence-electron chi connectivity index (χ4n) is 4.71. The normalized spacial score (nSPS) is 12.9. The van der Waals surface area contributed by atoms with E-state index in [0.29, 0.717) is 28.8 Å². The smallest absolute Gasteiger partial charge is 0.406 e. The van der Waals surface area contributed by atoms with Crippen LogP contribution in [0.5, 0.6) is 5.75 Å². The molecule has 228 valence electrons. The number of carbonyl (C=O) groups excluding carboxylic acids is 1. The number of hydrogen-bond acceptors (Lipinski definition) is 5. The van der Waals surface area contributed by atoms with Crippen LogP contribution in [0.15, 0.2) is 89.5 Å². The van der Waals surface area contributed by atoms with E-state index < -0.39 is 12.4 Å². The number of para-hydroxylation sites is 1. The summed E-state index contributed by atoms with van der Waals surface area (Å²) in [6.07, 6.45) is -3.26. The molecule has 3 aromatic carbocycles. The molecule has 0 radical (unpaired) electrons. The number of thiazole rings is 1. The Morgan fingerprint density at radius 1 is 1.02 bits per heavy atom. The maximum atomic E-state index is 12.8. The van der Waals surface area contributed by atoms with Gasteiger partial charge in [-0.25, -0.2) is 14.5 Å². The van der Waals surface area contributed by atoms with Crippen LogP contribution >= 0.6 is 11.3 Å². The molecule has 2 aromatic heterocycles. The highest BCUT2D eigenvalue weighted by Crippen LogP contribution is 2.25. The van der Waals surface area contributed by atoms with Crippen molar-refractivity contribution < 1.29 is 22.7 Å². The van der Waals surface area contributed by atoms with E-state index in [0.717, 1.165) is 22.5 Å². The molecule has 0 bridgehead atoms. The number of nitrogens with one attached hydrogen (secondary N) is 1. The van der Waals surface area contributed by atoms with Gasteiger partial charge in [0.05, 0.1) is 11.4 Å². The third-order valence-electron chi connectivity index (χ3n) is 7.00. The largest absolute Gasteiger partial charge is 0.573 e. The Balaban J connectivity index is 1.22. The number of aromatic nitrogens is 4.